The molecular weight excluding hydrogens is 272 g/mol. The van der Waals surface area contributed by atoms with Crippen LogP contribution in [0.3, 0.4) is 0 Å². The number of hydrogen-bond donors (Lipinski definition) is 2. The van der Waals surface area contributed by atoms with E-state index in [1.165, 1.54) is 12.8 Å². The zero-order chi connectivity index (χ0) is 16.4. The van der Waals surface area contributed by atoms with Gasteiger partial charge in [-0.2, -0.15) is 0 Å². The van der Waals surface area contributed by atoms with Gasteiger partial charge in [0, 0.05) is 0 Å². The van der Waals surface area contributed by atoms with E-state index in [4.69, 9.17) is 0 Å². The Morgan fingerprint density at radius 2 is 1.00 bits per heavy atom. The number of aliphatic hydroxyl groups excluding tert-OH is 2. The lowest BCUT2D eigenvalue weighted by atomic mass is 9.89. The standard InChI is InChI=1S/2C10H18O/c2*1-6(2)10-4-8(10)7(3)9(11)5-10/h2*6-9,11H,4-5H2,1-3H3/t2*7?,8-,9+,10-/m00/s1. The summed E-state index contributed by atoms with van der Waals surface area (Å²) in [5.74, 6) is 4.36. The van der Waals surface area contributed by atoms with Gasteiger partial charge in [-0.15, -0.1) is 0 Å². The fourth-order valence-electron chi connectivity index (χ4n) is 6.08. The Balaban J connectivity index is 0.000000131. The van der Waals surface area contributed by atoms with Crippen molar-refractivity contribution in [3.63, 3.8) is 0 Å². The van der Waals surface area contributed by atoms with Crippen molar-refractivity contribution in [1.82, 2.24) is 0 Å². The maximum absolute atomic E-state index is 9.61. The second kappa shape index (κ2) is 5.21. The van der Waals surface area contributed by atoms with Crippen LogP contribution in [0.2, 0.25) is 0 Å². The van der Waals surface area contributed by atoms with Crippen LogP contribution in [0, 0.1) is 46.3 Å². The molecule has 0 aromatic heterocycles. The summed E-state index contributed by atoms with van der Waals surface area (Å²) < 4.78 is 0. The minimum absolute atomic E-state index is 0.00356. The minimum atomic E-state index is -0.00356. The van der Waals surface area contributed by atoms with Crippen LogP contribution in [0.25, 0.3) is 0 Å². The topological polar surface area (TPSA) is 40.5 Å². The molecule has 0 saturated heterocycles. The van der Waals surface area contributed by atoms with E-state index in [1.807, 2.05) is 0 Å². The second-order valence-corrected chi connectivity index (χ2v) is 9.66. The molecule has 2 N–H and O–H groups in total. The molecule has 8 atom stereocenters. The molecule has 0 heterocycles. The molecule has 0 aliphatic heterocycles. The highest BCUT2D eigenvalue weighted by atomic mass is 16.3. The van der Waals surface area contributed by atoms with Gasteiger partial charge in [0.05, 0.1) is 12.2 Å². The van der Waals surface area contributed by atoms with Gasteiger partial charge in [0.15, 0.2) is 0 Å². The predicted molar refractivity (Wildman–Crippen MR) is 90.3 cm³/mol. The van der Waals surface area contributed by atoms with Crippen molar-refractivity contribution < 1.29 is 10.2 Å². The summed E-state index contributed by atoms with van der Waals surface area (Å²) in [6, 6.07) is 0. The van der Waals surface area contributed by atoms with Crippen LogP contribution in [0.15, 0.2) is 0 Å². The Labute approximate surface area is 136 Å². The lowest BCUT2D eigenvalue weighted by Crippen LogP contribution is -2.15. The Morgan fingerprint density at radius 3 is 1.14 bits per heavy atom. The molecule has 2 unspecified atom stereocenters. The average molecular weight is 309 g/mol. The number of rotatable bonds is 2. The van der Waals surface area contributed by atoms with Crippen molar-refractivity contribution >= 4 is 0 Å². The first-order chi connectivity index (χ1) is 10.2. The van der Waals surface area contributed by atoms with Gasteiger partial charge in [-0.05, 0) is 72.0 Å². The fourth-order valence-corrected chi connectivity index (χ4v) is 6.08. The Hall–Kier alpha value is -0.0800. The normalized spacial score (nSPS) is 54.8. The summed E-state index contributed by atoms with van der Waals surface area (Å²) in [6.07, 6.45) is 4.88. The van der Waals surface area contributed by atoms with Gasteiger partial charge in [-0.3, -0.25) is 0 Å². The summed E-state index contributed by atoms with van der Waals surface area (Å²) in [5, 5.41) is 19.2. The lowest BCUT2D eigenvalue weighted by molar-refractivity contribution is 0.113. The van der Waals surface area contributed by atoms with Crippen LogP contribution in [0.5, 0.6) is 0 Å². The van der Waals surface area contributed by atoms with E-state index >= 15 is 0 Å². The second-order valence-electron chi connectivity index (χ2n) is 9.66. The van der Waals surface area contributed by atoms with Crippen molar-refractivity contribution in [2.45, 2.75) is 79.4 Å². The van der Waals surface area contributed by atoms with E-state index in [1.54, 1.807) is 0 Å². The molecule has 0 aromatic carbocycles. The van der Waals surface area contributed by atoms with E-state index < -0.39 is 0 Å². The first-order valence-electron chi connectivity index (χ1n) is 9.52. The largest absolute Gasteiger partial charge is 0.393 e. The molecule has 22 heavy (non-hydrogen) atoms. The molecule has 0 bridgehead atoms. The van der Waals surface area contributed by atoms with Crippen molar-refractivity contribution in [1.29, 1.82) is 0 Å². The molecule has 0 aromatic rings. The monoisotopic (exact) mass is 308 g/mol. The fraction of sp³-hybridized carbons (Fsp3) is 1.00. The van der Waals surface area contributed by atoms with Crippen LogP contribution in [0.1, 0.15) is 67.2 Å². The van der Waals surface area contributed by atoms with Crippen LogP contribution in [-0.4, -0.2) is 22.4 Å². The smallest absolute Gasteiger partial charge is 0.0574 e. The summed E-state index contributed by atoms with van der Waals surface area (Å²) in [6.45, 7) is 13.6. The first-order valence-corrected chi connectivity index (χ1v) is 9.52. The summed E-state index contributed by atoms with van der Waals surface area (Å²) >= 11 is 0. The molecular formula is C20H36O2. The van der Waals surface area contributed by atoms with Crippen LogP contribution in [-0.2, 0) is 0 Å². The third kappa shape index (κ3) is 2.28. The first kappa shape index (κ1) is 16.8. The van der Waals surface area contributed by atoms with Gasteiger partial charge >= 0.3 is 0 Å². The summed E-state index contributed by atoms with van der Waals surface area (Å²) in [7, 11) is 0. The van der Waals surface area contributed by atoms with Crippen molar-refractivity contribution in [2.75, 3.05) is 0 Å². The van der Waals surface area contributed by atoms with Crippen LogP contribution in [0.4, 0.5) is 0 Å². The van der Waals surface area contributed by atoms with Crippen molar-refractivity contribution in [3.05, 3.63) is 0 Å². The minimum Gasteiger partial charge on any atom is -0.393 e. The summed E-state index contributed by atoms with van der Waals surface area (Å²) in [5.41, 5.74) is 1.11. The molecule has 0 radical (unpaired) electrons. The quantitative estimate of drug-likeness (QED) is 0.806. The molecule has 2 nitrogen and oxygen atoms in total. The van der Waals surface area contributed by atoms with Gasteiger partial charge in [0.1, 0.15) is 0 Å². The molecule has 0 amide bonds. The van der Waals surface area contributed by atoms with E-state index in [0.717, 1.165) is 36.5 Å². The Kier molecular flexibility index (Phi) is 3.97. The highest BCUT2D eigenvalue weighted by Crippen LogP contribution is 2.70. The van der Waals surface area contributed by atoms with Crippen LogP contribution < -0.4 is 0 Å². The van der Waals surface area contributed by atoms with Gasteiger partial charge < -0.3 is 10.2 Å². The van der Waals surface area contributed by atoms with Gasteiger partial charge in [0.25, 0.3) is 0 Å². The number of fused-ring (bicyclic) bond motifs is 2. The molecule has 4 aliphatic rings. The SMILES string of the molecule is CC1[C@H](O)C[C@]2(C(C)C)C[C@@H]12.CC1[C@H](O)C[C@]2(C(C)C)C[C@@H]12. The highest BCUT2D eigenvalue weighted by Gasteiger charge is 2.65. The zero-order valence-electron chi connectivity index (χ0n) is 15.3. The molecule has 0 spiro atoms. The van der Waals surface area contributed by atoms with Crippen molar-refractivity contribution in [3.8, 4) is 0 Å². The van der Waals surface area contributed by atoms with Gasteiger partial charge in [-0.25, -0.2) is 0 Å². The van der Waals surface area contributed by atoms with Gasteiger partial charge in [0.2, 0.25) is 0 Å². The van der Waals surface area contributed by atoms with E-state index in [2.05, 4.69) is 41.5 Å². The van der Waals surface area contributed by atoms with Gasteiger partial charge in [-0.1, -0.05) is 41.5 Å². The molecule has 4 aliphatic carbocycles. The van der Waals surface area contributed by atoms with E-state index in [0.29, 0.717) is 22.7 Å². The maximum atomic E-state index is 9.61. The molecule has 2 heteroatoms. The summed E-state index contributed by atoms with van der Waals surface area (Å²) in [4.78, 5) is 0. The highest BCUT2D eigenvalue weighted by molar-refractivity contribution is 5.14. The van der Waals surface area contributed by atoms with E-state index in [9.17, 15) is 10.2 Å². The Bertz CT molecular complexity index is 391. The third-order valence-corrected chi connectivity index (χ3v) is 8.32. The lowest BCUT2D eigenvalue weighted by Gasteiger charge is -2.17. The molecule has 4 fully saturated rings. The zero-order valence-corrected chi connectivity index (χ0v) is 15.3. The maximum Gasteiger partial charge on any atom is 0.0574 e. The number of hydrogen-bond acceptors (Lipinski definition) is 2. The predicted octanol–water partition coefficient (Wildman–Crippen LogP) is 4.10. The number of aliphatic hydroxyl groups is 2. The van der Waals surface area contributed by atoms with Crippen LogP contribution >= 0.6 is 0 Å². The molecule has 4 saturated carbocycles. The molecule has 128 valence electrons. The average Bonchev–Trinajstić information content (AvgIpc) is 3.29. The van der Waals surface area contributed by atoms with E-state index in [-0.39, 0.29) is 12.2 Å². The Morgan fingerprint density at radius 1 is 0.682 bits per heavy atom. The van der Waals surface area contributed by atoms with Crippen molar-refractivity contribution in [2.24, 2.45) is 46.3 Å². The molecule has 4 rings (SSSR count). The third-order valence-electron chi connectivity index (χ3n) is 8.32.